The molecule has 1 aromatic carbocycles. The zero-order valence-corrected chi connectivity index (χ0v) is 17.6. The van der Waals surface area contributed by atoms with Crippen LogP contribution >= 0.6 is 11.8 Å². The van der Waals surface area contributed by atoms with Gasteiger partial charge in [-0.3, -0.25) is 4.79 Å². The topological polar surface area (TPSA) is 29.5 Å². The predicted molar refractivity (Wildman–Crippen MR) is 116 cm³/mol. The van der Waals surface area contributed by atoms with Crippen LogP contribution in [0.4, 0.5) is 0 Å². The largest absolute Gasteiger partial charge is 0.487 e. The van der Waals surface area contributed by atoms with Crippen molar-refractivity contribution in [3.8, 4) is 0 Å². The van der Waals surface area contributed by atoms with Crippen LogP contribution in [-0.2, 0) is 4.74 Å². The summed E-state index contributed by atoms with van der Waals surface area (Å²) in [5.74, 6) is 1.21. The van der Waals surface area contributed by atoms with Gasteiger partial charge in [-0.25, -0.2) is 0 Å². The number of likely N-dealkylation sites (tertiary alicyclic amines) is 1. The lowest BCUT2D eigenvalue weighted by Crippen LogP contribution is -2.49. The van der Waals surface area contributed by atoms with Gasteiger partial charge in [-0.15, -0.1) is 11.8 Å². The molecule has 4 heteroatoms. The summed E-state index contributed by atoms with van der Waals surface area (Å²) in [4.78, 5) is 16.1. The van der Waals surface area contributed by atoms with Gasteiger partial charge in [0, 0.05) is 41.6 Å². The summed E-state index contributed by atoms with van der Waals surface area (Å²) in [7, 11) is 0. The van der Waals surface area contributed by atoms with Crippen molar-refractivity contribution in [1.82, 2.24) is 4.90 Å². The number of carbonyl (C=O) groups is 1. The number of ether oxygens (including phenoxy) is 1. The normalized spacial score (nSPS) is 20.9. The number of piperidine rings is 1. The minimum absolute atomic E-state index is 0.0952. The second-order valence-electron chi connectivity index (χ2n) is 8.23. The van der Waals surface area contributed by atoms with Crippen LogP contribution in [0.3, 0.4) is 0 Å². The number of carbonyl (C=O) groups excluding carboxylic acids is 1. The van der Waals surface area contributed by atoms with Crippen LogP contribution in [0.2, 0.25) is 0 Å². The molecule has 2 aliphatic heterocycles. The average molecular weight is 396 g/mol. The van der Waals surface area contributed by atoms with Crippen molar-refractivity contribution in [2.24, 2.45) is 0 Å². The van der Waals surface area contributed by atoms with Gasteiger partial charge in [-0.05, 0) is 55.2 Å². The molecule has 0 N–H and O–H groups in total. The van der Waals surface area contributed by atoms with E-state index in [2.05, 4.69) is 50.3 Å². The van der Waals surface area contributed by atoms with Gasteiger partial charge in [0.1, 0.15) is 11.4 Å². The fourth-order valence-corrected chi connectivity index (χ4v) is 5.08. The van der Waals surface area contributed by atoms with Gasteiger partial charge < -0.3 is 9.64 Å². The highest BCUT2D eigenvalue weighted by Gasteiger charge is 2.40. The standard InChI is InChI=1S/C24H29NO2S/c1-18(2)28-21-10-8-20(9-11-21)23(26)25-16-14-24(15-17-25)13-12-19-6-4-3-5-7-22(19)27-24/h3-5,7-11,18H,6,12-17H2,1-2H3. The summed E-state index contributed by atoms with van der Waals surface area (Å²) >= 11 is 1.82. The first-order valence-electron chi connectivity index (χ1n) is 10.3. The molecule has 148 valence electrons. The summed E-state index contributed by atoms with van der Waals surface area (Å²) in [5, 5.41) is 0.546. The lowest BCUT2D eigenvalue weighted by molar-refractivity contribution is -0.0545. The third kappa shape index (κ3) is 4.22. The number of hydrogen-bond donors (Lipinski definition) is 0. The van der Waals surface area contributed by atoms with E-state index in [-0.39, 0.29) is 11.5 Å². The maximum absolute atomic E-state index is 12.9. The Morgan fingerprint density at radius 2 is 1.86 bits per heavy atom. The smallest absolute Gasteiger partial charge is 0.253 e. The Balaban J connectivity index is 1.37. The van der Waals surface area contributed by atoms with Crippen molar-refractivity contribution in [2.75, 3.05) is 13.1 Å². The minimum atomic E-state index is -0.0952. The Labute approximate surface area is 172 Å². The molecule has 2 heterocycles. The molecule has 0 aromatic heterocycles. The molecule has 1 aromatic rings. The molecule has 28 heavy (non-hydrogen) atoms. The number of nitrogens with zero attached hydrogens (tertiary/aromatic N) is 1. The summed E-state index contributed by atoms with van der Waals surface area (Å²) in [6.45, 7) is 5.90. The highest BCUT2D eigenvalue weighted by Crippen LogP contribution is 2.41. The van der Waals surface area contributed by atoms with E-state index in [1.54, 1.807) is 0 Å². The van der Waals surface area contributed by atoms with Crippen molar-refractivity contribution in [3.63, 3.8) is 0 Å². The van der Waals surface area contributed by atoms with Crippen LogP contribution in [-0.4, -0.2) is 34.7 Å². The Kier molecular flexibility index (Phi) is 5.68. The van der Waals surface area contributed by atoms with E-state index in [9.17, 15) is 4.79 Å². The molecule has 1 saturated heterocycles. The first-order valence-corrected chi connectivity index (χ1v) is 11.2. The van der Waals surface area contributed by atoms with Crippen molar-refractivity contribution < 1.29 is 9.53 Å². The Morgan fingerprint density at radius 3 is 2.57 bits per heavy atom. The first kappa shape index (κ1) is 19.4. The molecule has 1 spiro atoms. The number of allylic oxidation sites excluding steroid dienone is 5. The van der Waals surface area contributed by atoms with E-state index in [1.807, 2.05) is 28.8 Å². The zero-order valence-electron chi connectivity index (χ0n) is 16.8. The third-order valence-electron chi connectivity index (χ3n) is 5.85. The molecule has 0 saturated carbocycles. The van der Waals surface area contributed by atoms with E-state index in [1.165, 1.54) is 10.5 Å². The van der Waals surface area contributed by atoms with Gasteiger partial charge in [-0.2, -0.15) is 0 Å². The Bertz CT molecular complexity index is 812. The summed E-state index contributed by atoms with van der Waals surface area (Å²) in [6.07, 6.45) is 13.5. The van der Waals surface area contributed by atoms with Gasteiger partial charge in [-0.1, -0.05) is 32.1 Å². The molecule has 1 aliphatic carbocycles. The van der Waals surface area contributed by atoms with Crippen LogP contribution < -0.4 is 0 Å². The van der Waals surface area contributed by atoms with Crippen LogP contribution in [0.1, 0.15) is 56.3 Å². The number of rotatable bonds is 3. The van der Waals surface area contributed by atoms with E-state index in [0.29, 0.717) is 5.25 Å². The SMILES string of the molecule is CC(C)Sc1ccc(C(=O)N2CCC3(CCC4=C(C=CC=CC4)O3)CC2)cc1. The number of benzene rings is 1. The molecule has 1 amide bonds. The molecule has 4 rings (SSSR count). The fraction of sp³-hybridized carbons (Fsp3) is 0.458. The quantitative estimate of drug-likeness (QED) is 0.611. The van der Waals surface area contributed by atoms with Gasteiger partial charge in [0.25, 0.3) is 5.91 Å². The number of amides is 1. The van der Waals surface area contributed by atoms with E-state index in [0.717, 1.165) is 56.5 Å². The molecule has 3 nitrogen and oxygen atoms in total. The molecule has 0 unspecified atom stereocenters. The highest BCUT2D eigenvalue weighted by atomic mass is 32.2. The van der Waals surface area contributed by atoms with E-state index < -0.39 is 0 Å². The maximum Gasteiger partial charge on any atom is 0.253 e. The van der Waals surface area contributed by atoms with Crippen LogP contribution in [0.5, 0.6) is 0 Å². The fourth-order valence-electron chi connectivity index (χ4n) is 4.24. The van der Waals surface area contributed by atoms with Crippen molar-refractivity contribution in [2.45, 2.75) is 61.7 Å². The van der Waals surface area contributed by atoms with E-state index in [4.69, 9.17) is 4.74 Å². The minimum Gasteiger partial charge on any atom is -0.487 e. The molecular formula is C24H29NO2S. The monoisotopic (exact) mass is 395 g/mol. The summed E-state index contributed by atoms with van der Waals surface area (Å²) in [5.41, 5.74) is 2.10. The van der Waals surface area contributed by atoms with Crippen LogP contribution in [0.15, 0.2) is 64.8 Å². The Hall–Kier alpha value is -1.94. The second kappa shape index (κ2) is 8.20. The van der Waals surface area contributed by atoms with E-state index >= 15 is 0 Å². The average Bonchev–Trinajstić information content (AvgIpc) is 2.93. The molecule has 0 radical (unpaired) electrons. The number of thioether (sulfide) groups is 1. The van der Waals surface area contributed by atoms with Crippen molar-refractivity contribution in [3.05, 3.63) is 65.5 Å². The Morgan fingerprint density at radius 1 is 1.11 bits per heavy atom. The molecule has 1 fully saturated rings. The van der Waals surface area contributed by atoms with Crippen molar-refractivity contribution >= 4 is 17.7 Å². The third-order valence-corrected chi connectivity index (χ3v) is 6.87. The van der Waals surface area contributed by atoms with Crippen molar-refractivity contribution in [1.29, 1.82) is 0 Å². The zero-order chi connectivity index (χ0) is 19.6. The van der Waals surface area contributed by atoms with Gasteiger partial charge in [0.05, 0.1) is 0 Å². The first-order chi connectivity index (χ1) is 13.5. The van der Waals surface area contributed by atoms with Gasteiger partial charge in [0.15, 0.2) is 0 Å². The molecular weight excluding hydrogens is 366 g/mol. The van der Waals surface area contributed by atoms with Crippen LogP contribution in [0.25, 0.3) is 0 Å². The summed E-state index contributed by atoms with van der Waals surface area (Å²) < 4.78 is 6.50. The molecule has 0 bridgehead atoms. The molecule has 3 aliphatic rings. The lowest BCUT2D eigenvalue weighted by Gasteiger charge is -2.45. The molecule has 0 atom stereocenters. The second-order valence-corrected chi connectivity index (χ2v) is 9.88. The summed E-state index contributed by atoms with van der Waals surface area (Å²) in [6, 6.07) is 8.06. The lowest BCUT2D eigenvalue weighted by atomic mass is 9.82. The van der Waals surface area contributed by atoms with Crippen LogP contribution in [0, 0.1) is 0 Å². The van der Waals surface area contributed by atoms with Gasteiger partial charge >= 0.3 is 0 Å². The maximum atomic E-state index is 12.9. The van der Waals surface area contributed by atoms with Gasteiger partial charge in [0.2, 0.25) is 0 Å². The predicted octanol–water partition coefficient (Wildman–Crippen LogP) is 5.74. The number of hydrogen-bond acceptors (Lipinski definition) is 3. The highest BCUT2D eigenvalue weighted by molar-refractivity contribution is 7.99.